The summed E-state index contributed by atoms with van der Waals surface area (Å²) in [5, 5.41) is 0. The summed E-state index contributed by atoms with van der Waals surface area (Å²) in [7, 11) is 0. The van der Waals surface area contributed by atoms with Crippen LogP contribution >= 0.6 is 15.9 Å². The van der Waals surface area contributed by atoms with Gasteiger partial charge in [-0.25, -0.2) is 0 Å². The summed E-state index contributed by atoms with van der Waals surface area (Å²) in [6.45, 7) is 3.13. The minimum absolute atomic E-state index is 0.269. The van der Waals surface area contributed by atoms with Gasteiger partial charge in [-0.2, -0.15) is 0 Å². The molecule has 1 fully saturated rings. The minimum atomic E-state index is 0.269. The Kier molecular flexibility index (Phi) is 3.47. The lowest BCUT2D eigenvalue weighted by Crippen LogP contribution is -2.34. The van der Waals surface area contributed by atoms with Crippen LogP contribution in [0.25, 0.3) is 0 Å². The predicted octanol–water partition coefficient (Wildman–Crippen LogP) is 3.56. The molecular weight excluding hydrogens is 252 g/mol. The van der Waals surface area contributed by atoms with Crippen LogP contribution in [0.15, 0.2) is 30.3 Å². The fraction of sp³-hybridized carbons (Fsp3) is 0.538. The Balaban J connectivity index is 1.95. The zero-order valence-corrected chi connectivity index (χ0v) is 10.7. The third kappa shape index (κ3) is 3.32. The quantitative estimate of drug-likeness (QED) is 0.746. The Morgan fingerprint density at radius 1 is 1.40 bits per heavy atom. The highest BCUT2D eigenvalue weighted by atomic mass is 79.9. The van der Waals surface area contributed by atoms with Crippen LogP contribution in [0.1, 0.15) is 25.3 Å². The maximum absolute atomic E-state index is 5.79. The molecular formula is C13H17BrO. The van der Waals surface area contributed by atoms with E-state index in [1.165, 1.54) is 5.56 Å². The summed E-state index contributed by atoms with van der Waals surface area (Å²) in [6, 6.07) is 10.6. The summed E-state index contributed by atoms with van der Waals surface area (Å²) in [5.41, 5.74) is 1.37. The van der Waals surface area contributed by atoms with Gasteiger partial charge in [-0.15, -0.1) is 0 Å². The molecule has 0 radical (unpaired) electrons. The van der Waals surface area contributed by atoms with E-state index >= 15 is 0 Å². The van der Waals surface area contributed by atoms with Crippen LogP contribution in [-0.2, 0) is 11.2 Å². The molecule has 0 aliphatic carbocycles. The van der Waals surface area contributed by atoms with Crippen LogP contribution in [-0.4, -0.2) is 17.0 Å². The van der Waals surface area contributed by atoms with Crippen molar-refractivity contribution >= 4 is 15.9 Å². The van der Waals surface area contributed by atoms with Crippen LogP contribution in [0.3, 0.4) is 0 Å². The smallest absolute Gasteiger partial charge is 0.0628 e. The molecule has 0 N–H and O–H groups in total. The molecule has 15 heavy (non-hydrogen) atoms. The molecule has 1 aromatic carbocycles. The molecule has 1 aliphatic rings. The molecule has 2 heteroatoms. The second-order valence-corrected chi connectivity index (χ2v) is 6.46. The Labute approximate surface area is 100.0 Å². The van der Waals surface area contributed by atoms with E-state index in [0.717, 1.165) is 25.9 Å². The first-order valence-electron chi connectivity index (χ1n) is 5.50. The third-order valence-electron chi connectivity index (χ3n) is 2.94. The molecule has 2 rings (SSSR count). The monoisotopic (exact) mass is 268 g/mol. The minimum Gasteiger partial charge on any atom is -0.378 e. The zero-order chi connectivity index (χ0) is 10.7. The second kappa shape index (κ2) is 4.67. The van der Waals surface area contributed by atoms with Gasteiger partial charge >= 0.3 is 0 Å². The van der Waals surface area contributed by atoms with Crippen LogP contribution in [0, 0.1) is 0 Å². The highest BCUT2D eigenvalue weighted by Gasteiger charge is 2.30. The summed E-state index contributed by atoms with van der Waals surface area (Å²) in [6.07, 6.45) is 3.60. The van der Waals surface area contributed by atoms with Gasteiger partial charge in [-0.1, -0.05) is 46.3 Å². The van der Waals surface area contributed by atoms with Crippen molar-refractivity contribution in [2.75, 3.05) is 6.61 Å². The van der Waals surface area contributed by atoms with Gasteiger partial charge in [-0.05, 0) is 31.7 Å². The number of rotatable bonds is 2. The first kappa shape index (κ1) is 11.2. The number of ether oxygens (including phenoxy) is 1. The van der Waals surface area contributed by atoms with Gasteiger partial charge in [0.05, 0.1) is 6.10 Å². The van der Waals surface area contributed by atoms with E-state index in [0.29, 0.717) is 6.10 Å². The van der Waals surface area contributed by atoms with Crippen molar-refractivity contribution in [2.24, 2.45) is 0 Å². The van der Waals surface area contributed by atoms with Crippen LogP contribution in [0.2, 0.25) is 0 Å². The van der Waals surface area contributed by atoms with E-state index in [-0.39, 0.29) is 4.32 Å². The molecule has 1 nitrogen and oxygen atoms in total. The molecule has 1 saturated heterocycles. The van der Waals surface area contributed by atoms with Crippen LogP contribution < -0.4 is 0 Å². The van der Waals surface area contributed by atoms with E-state index in [4.69, 9.17) is 4.74 Å². The van der Waals surface area contributed by atoms with Crippen molar-refractivity contribution in [3.8, 4) is 0 Å². The van der Waals surface area contributed by atoms with Gasteiger partial charge in [0.15, 0.2) is 0 Å². The van der Waals surface area contributed by atoms with Gasteiger partial charge in [0, 0.05) is 10.9 Å². The Hall–Kier alpha value is -0.340. The number of halogens is 1. The average molecular weight is 269 g/mol. The van der Waals surface area contributed by atoms with E-state index in [2.05, 4.69) is 53.2 Å². The van der Waals surface area contributed by atoms with Crippen molar-refractivity contribution in [1.82, 2.24) is 0 Å². The van der Waals surface area contributed by atoms with Crippen molar-refractivity contribution < 1.29 is 4.74 Å². The van der Waals surface area contributed by atoms with Gasteiger partial charge in [0.2, 0.25) is 0 Å². The van der Waals surface area contributed by atoms with E-state index in [9.17, 15) is 0 Å². The summed E-state index contributed by atoms with van der Waals surface area (Å²) >= 11 is 3.77. The molecule has 0 amide bonds. The lowest BCUT2D eigenvalue weighted by Gasteiger charge is -2.33. The van der Waals surface area contributed by atoms with Gasteiger partial charge in [-0.3, -0.25) is 0 Å². The van der Waals surface area contributed by atoms with E-state index < -0.39 is 0 Å². The number of hydrogen-bond donors (Lipinski definition) is 0. The first-order chi connectivity index (χ1) is 7.16. The topological polar surface area (TPSA) is 9.23 Å². The van der Waals surface area contributed by atoms with E-state index in [1.54, 1.807) is 0 Å². The molecule has 1 aliphatic heterocycles. The number of alkyl halides is 1. The number of benzene rings is 1. The van der Waals surface area contributed by atoms with Crippen molar-refractivity contribution in [2.45, 2.75) is 36.6 Å². The average Bonchev–Trinajstić information content (AvgIpc) is 2.17. The zero-order valence-electron chi connectivity index (χ0n) is 9.08. The van der Waals surface area contributed by atoms with Gasteiger partial charge in [0.1, 0.15) is 0 Å². The Morgan fingerprint density at radius 2 is 2.13 bits per heavy atom. The summed E-state index contributed by atoms with van der Waals surface area (Å²) in [4.78, 5) is 0. The highest BCUT2D eigenvalue weighted by molar-refractivity contribution is 9.10. The largest absolute Gasteiger partial charge is 0.378 e. The SMILES string of the molecule is C[C@]1(Br)CCO[C@H](Cc2ccccc2)C1. The predicted molar refractivity (Wildman–Crippen MR) is 66.5 cm³/mol. The molecule has 0 spiro atoms. The second-order valence-electron chi connectivity index (χ2n) is 4.55. The van der Waals surface area contributed by atoms with Crippen LogP contribution in [0.4, 0.5) is 0 Å². The standard InChI is InChI=1S/C13H17BrO/c1-13(14)7-8-15-12(10-13)9-11-5-3-2-4-6-11/h2-6,12H,7-10H2,1H3/t12-,13+/m1/s1. The first-order valence-corrected chi connectivity index (χ1v) is 6.29. The maximum atomic E-state index is 5.79. The molecule has 1 heterocycles. The van der Waals surface area contributed by atoms with Crippen LogP contribution in [0.5, 0.6) is 0 Å². The third-order valence-corrected chi connectivity index (χ3v) is 3.66. The maximum Gasteiger partial charge on any atom is 0.0628 e. The lowest BCUT2D eigenvalue weighted by molar-refractivity contribution is 0.00562. The van der Waals surface area contributed by atoms with Crippen molar-refractivity contribution in [3.63, 3.8) is 0 Å². The highest BCUT2D eigenvalue weighted by Crippen LogP contribution is 2.33. The normalized spacial score (nSPS) is 31.5. The van der Waals surface area contributed by atoms with E-state index in [1.807, 2.05) is 0 Å². The summed E-state index contributed by atoms with van der Waals surface area (Å²) < 4.78 is 6.06. The number of hydrogen-bond acceptors (Lipinski definition) is 1. The van der Waals surface area contributed by atoms with Crippen molar-refractivity contribution in [1.29, 1.82) is 0 Å². The van der Waals surface area contributed by atoms with Gasteiger partial charge in [0.25, 0.3) is 0 Å². The molecule has 0 bridgehead atoms. The Morgan fingerprint density at radius 3 is 2.80 bits per heavy atom. The summed E-state index contributed by atoms with van der Waals surface area (Å²) in [5.74, 6) is 0. The molecule has 2 atom stereocenters. The Bertz CT molecular complexity index is 308. The fourth-order valence-corrected chi connectivity index (χ4v) is 2.61. The lowest BCUT2D eigenvalue weighted by atomic mass is 9.93. The fourth-order valence-electron chi connectivity index (χ4n) is 2.08. The molecule has 82 valence electrons. The van der Waals surface area contributed by atoms with Gasteiger partial charge < -0.3 is 4.74 Å². The van der Waals surface area contributed by atoms with Crippen molar-refractivity contribution in [3.05, 3.63) is 35.9 Å². The molecule has 0 unspecified atom stereocenters. The molecule has 1 aromatic rings. The molecule has 0 aromatic heterocycles. The molecule has 0 saturated carbocycles.